The number of rotatable bonds is 4. The number of carboxylic acid groups (broad SMARTS) is 1. The molecule has 7 nitrogen and oxygen atoms in total. The number of hydrogen-bond acceptors (Lipinski definition) is 6. The van der Waals surface area contributed by atoms with Crippen molar-refractivity contribution in [3.8, 4) is 0 Å². The average molecular weight is 445 g/mol. The lowest BCUT2D eigenvalue weighted by atomic mass is 9.47. The molecule has 5 unspecified atom stereocenters. The smallest absolute Gasteiger partial charge is 0.312 e. The highest BCUT2D eigenvalue weighted by Gasteiger charge is 2.68. The lowest BCUT2D eigenvalue weighted by Gasteiger charge is -2.61. The molecule has 32 heavy (non-hydrogen) atoms. The number of Topliss-reactive ketones (excluding diaryl/α,β-unsaturated/α-hetero) is 1. The van der Waals surface area contributed by atoms with Crippen LogP contribution in [0.1, 0.15) is 64.2 Å². The van der Waals surface area contributed by atoms with E-state index in [4.69, 9.17) is 14.2 Å². The molecule has 1 N–H and O–H groups in total. The second-order valence-corrected chi connectivity index (χ2v) is 12.3. The van der Waals surface area contributed by atoms with Gasteiger partial charge in [-0.2, -0.15) is 0 Å². The Morgan fingerprint density at radius 1 is 0.906 bits per heavy atom. The molecule has 9 rings (SSSR count). The molecule has 0 aromatic heterocycles. The average Bonchev–Trinajstić information content (AvgIpc) is 3.18. The van der Waals surface area contributed by atoms with E-state index in [0.717, 1.165) is 38.5 Å². The molecule has 1 heterocycles. The van der Waals surface area contributed by atoms with E-state index in [-0.39, 0.29) is 42.4 Å². The summed E-state index contributed by atoms with van der Waals surface area (Å²) >= 11 is 0. The van der Waals surface area contributed by atoms with Crippen molar-refractivity contribution in [3.05, 3.63) is 0 Å². The topological polar surface area (TPSA) is 99.1 Å². The van der Waals surface area contributed by atoms with Crippen molar-refractivity contribution in [2.75, 3.05) is 13.2 Å². The van der Waals surface area contributed by atoms with Crippen LogP contribution < -0.4 is 0 Å². The first-order valence-corrected chi connectivity index (χ1v) is 12.6. The minimum absolute atomic E-state index is 0.0535. The van der Waals surface area contributed by atoms with Crippen molar-refractivity contribution in [1.29, 1.82) is 0 Å². The van der Waals surface area contributed by atoms with Gasteiger partial charge in [-0.15, -0.1) is 0 Å². The summed E-state index contributed by atoms with van der Waals surface area (Å²) in [6.07, 6.45) is 7.78. The van der Waals surface area contributed by atoms with Crippen LogP contribution in [-0.2, 0) is 28.6 Å². The van der Waals surface area contributed by atoms with E-state index >= 15 is 0 Å². The van der Waals surface area contributed by atoms with Gasteiger partial charge in [0.2, 0.25) is 0 Å². The molecule has 174 valence electrons. The van der Waals surface area contributed by atoms with Crippen LogP contribution in [-0.4, -0.2) is 47.9 Å². The Morgan fingerprint density at radius 2 is 1.53 bits per heavy atom. The van der Waals surface area contributed by atoms with E-state index in [1.54, 1.807) is 0 Å². The highest BCUT2D eigenvalue weighted by atomic mass is 16.8. The summed E-state index contributed by atoms with van der Waals surface area (Å²) < 4.78 is 18.6. The number of aliphatic carboxylic acids is 1. The van der Waals surface area contributed by atoms with Crippen molar-refractivity contribution >= 4 is 17.7 Å². The second-order valence-electron chi connectivity index (χ2n) is 12.3. The fourth-order valence-corrected chi connectivity index (χ4v) is 9.57. The SMILES string of the molecule is O=C1C2CC3CC1CC(C(=O)OCC1COC4(O1)C1CC5CC4CC(C(=O)O)(C5)C1)(C3)C2. The second kappa shape index (κ2) is 6.35. The number of esters is 1. The summed E-state index contributed by atoms with van der Waals surface area (Å²) in [7, 11) is 0. The van der Waals surface area contributed by atoms with E-state index in [1.165, 1.54) is 0 Å². The zero-order chi connectivity index (χ0) is 21.9. The van der Waals surface area contributed by atoms with Gasteiger partial charge in [0.1, 0.15) is 18.5 Å². The largest absolute Gasteiger partial charge is 0.481 e. The van der Waals surface area contributed by atoms with E-state index in [1.807, 2.05) is 0 Å². The molecule has 9 aliphatic rings. The molecule has 8 saturated carbocycles. The Morgan fingerprint density at radius 3 is 2.19 bits per heavy atom. The third-order valence-corrected chi connectivity index (χ3v) is 10.5. The van der Waals surface area contributed by atoms with Crippen LogP contribution in [0, 0.1) is 46.3 Å². The zero-order valence-electron chi connectivity index (χ0n) is 18.4. The van der Waals surface area contributed by atoms with Crippen LogP contribution in [0.15, 0.2) is 0 Å². The van der Waals surface area contributed by atoms with E-state index < -0.39 is 22.6 Å². The Bertz CT molecular complexity index is 861. The maximum Gasteiger partial charge on any atom is 0.312 e. The monoisotopic (exact) mass is 444 g/mol. The molecule has 9 fully saturated rings. The van der Waals surface area contributed by atoms with Crippen LogP contribution in [0.5, 0.6) is 0 Å². The van der Waals surface area contributed by atoms with Crippen molar-refractivity contribution in [2.45, 2.75) is 76.1 Å². The lowest BCUT2D eigenvalue weighted by Crippen LogP contribution is -2.63. The summed E-state index contributed by atoms with van der Waals surface area (Å²) in [5.74, 6) is 0.141. The highest BCUT2D eigenvalue weighted by Crippen LogP contribution is 2.66. The number of carboxylic acids is 1. The van der Waals surface area contributed by atoms with E-state index in [2.05, 4.69) is 0 Å². The Kier molecular flexibility index (Phi) is 3.96. The van der Waals surface area contributed by atoms with Crippen molar-refractivity contribution in [1.82, 2.24) is 0 Å². The van der Waals surface area contributed by atoms with Gasteiger partial charge in [0.05, 0.1) is 17.4 Å². The molecule has 7 heteroatoms. The quantitative estimate of drug-likeness (QED) is 0.666. The Hall–Kier alpha value is -1.47. The predicted octanol–water partition coefficient (Wildman–Crippen LogP) is 2.95. The molecule has 0 aromatic rings. The van der Waals surface area contributed by atoms with Gasteiger partial charge in [-0.25, -0.2) is 0 Å². The normalized spacial score (nSPS) is 54.5. The first-order valence-electron chi connectivity index (χ1n) is 12.6. The molecule has 0 radical (unpaired) electrons. The summed E-state index contributed by atoms with van der Waals surface area (Å²) in [6.45, 7) is 0.577. The van der Waals surface area contributed by atoms with Gasteiger partial charge in [-0.3, -0.25) is 14.4 Å². The Balaban J connectivity index is 1.02. The molecule has 5 atom stereocenters. The van der Waals surface area contributed by atoms with E-state index in [0.29, 0.717) is 49.9 Å². The molecule has 0 aromatic carbocycles. The van der Waals surface area contributed by atoms with Gasteiger partial charge in [-0.1, -0.05) is 0 Å². The summed E-state index contributed by atoms with van der Waals surface area (Å²) in [4.78, 5) is 37.7. The maximum absolute atomic E-state index is 13.2. The standard InChI is InChI=1S/C25H32O7/c26-20-15-1-13-2-16(20)8-24(6-13,7-15)22(29)30-11-19-12-31-25(32-19)17-3-14-4-18(25)10-23(5-14,9-17)21(27)28/h13-19H,1-12H2,(H,27,28). The fraction of sp³-hybridized carbons (Fsp3) is 0.880. The first kappa shape index (κ1) is 20.0. The van der Waals surface area contributed by atoms with Crippen LogP contribution in [0.4, 0.5) is 0 Å². The maximum atomic E-state index is 13.2. The van der Waals surface area contributed by atoms with Gasteiger partial charge in [0.15, 0.2) is 5.79 Å². The zero-order valence-corrected chi connectivity index (χ0v) is 18.4. The molecule has 0 amide bonds. The molecule has 1 aliphatic heterocycles. The molecule has 8 aliphatic carbocycles. The fourth-order valence-electron chi connectivity index (χ4n) is 9.57. The van der Waals surface area contributed by atoms with Crippen molar-refractivity contribution in [3.63, 3.8) is 0 Å². The summed E-state index contributed by atoms with van der Waals surface area (Å²) in [6, 6.07) is 0. The van der Waals surface area contributed by atoms with Crippen LogP contribution in [0.2, 0.25) is 0 Å². The van der Waals surface area contributed by atoms with Gasteiger partial charge < -0.3 is 19.3 Å². The number of hydrogen-bond donors (Lipinski definition) is 1. The summed E-state index contributed by atoms with van der Waals surface area (Å²) in [5.41, 5.74) is -1.08. The highest BCUT2D eigenvalue weighted by molar-refractivity contribution is 5.89. The molecular weight excluding hydrogens is 412 g/mol. The van der Waals surface area contributed by atoms with Gasteiger partial charge in [-0.05, 0) is 76.0 Å². The summed E-state index contributed by atoms with van der Waals surface area (Å²) in [5, 5.41) is 9.88. The third kappa shape index (κ3) is 2.53. The molecule has 1 spiro atoms. The molecule has 1 saturated heterocycles. The van der Waals surface area contributed by atoms with Gasteiger partial charge in [0, 0.05) is 23.7 Å². The molecular formula is C25H32O7. The number of carbonyl (C=O) groups is 3. The van der Waals surface area contributed by atoms with Gasteiger partial charge in [0.25, 0.3) is 0 Å². The Labute approximate surface area is 187 Å². The third-order valence-electron chi connectivity index (χ3n) is 10.5. The number of ether oxygens (including phenoxy) is 3. The molecule has 8 bridgehead atoms. The van der Waals surface area contributed by atoms with Gasteiger partial charge >= 0.3 is 11.9 Å². The number of ketones is 1. The number of carbonyl (C=O) groups excluding carboxylic acids is 2. The van der Waals surface area contributed by atoms with Crippen LogP contribution in [0.25, 0.3) is 0 Å². The van der Waals surface area contributed by atoms with Crippen LogP contribution >= 0.6 is 0 Å². The van der Waals surface area contributed by atoms with E-state index in [9.17, 15) is 19.5 Å². The lowest BCUT2D eigenvalue weighted by molar-refractivity contribution is -0.307. The minimum Gasteiger partial charge on any atom is -0.481 e. The van der Waals surface area contributed by atoms with Crippen molar-refractivity contribution < 1.29 is 33.7 Å². The predicted molar refractivity (Wildman–Crippen MR) is 109 cm³/mol. The van der Waals surface area contributed by atoms with Crippen LogP contribution in [0.3, 0.4) is 0 Å². The minimum atomic E-state index is -0.694. The first-order chi connectivity index (χ1) is 15.3. The van der Waals surface area contributed by atoms with Crippen molar-refractivity contribution in [2.24, 2.45) is 46.3 Å².